The summed E-state index contributed by atoms with van der Waals surface area (Å²) in [5, 5.41) is 33.0. The first-order chi connectivity index (χ1) is 15.5. The number of aliphatic carboxylic acids is 1. The molecule has 186 valence electrons. The molecule has 0 aromatic heterocycles. The second-order valence-corrected chi connectivity index (χ2v) is 9.20. The van der Waals surface area contributed by atoms with Crippen LogP contribution in [0.4, 0.5) is 0 Å². The highest BCUT2D eigenvalue weighted by Crippen LogP contribution is 2.58. The molecule has 3 N–H and O–H groups in total. The minimum absolute atomic E-state index is 0.0112. The smallest absolute Gasteiger partial charge is 0.337 e. The predicted molar refractivity (Wildman–Crippen MR) is 114 cm³/mol. The summed E-state index contributed by atoms with van der Waals surface area (Å²) < 4.78 is 14.9. The van der Waals surface area contributed by atoms with E-state index in [2.05, 4.69) is 0 Å². The van der Waals surface area contributed by atoms with Crippen LogP contribution < -0.4 is 0 Å². The van der Waals surface area contributed by atoms with E-state index >= 15 is 0 Å². The zero-order valence-corrected chi connectivity index (χ0v) is 19.7. The minimum atomic E-state index is -2.57. The molecule has 0 saturated heterocycles. The number of aliphatic hydroxyl groups excluding tert-OH is 1. The normalized spacial score (nSPS) is 31.2. The van der Waals surface area contributed by atoms with Crippen LogP contribution in [0.3, 0.4) is 0 Å². The van der Waals surface area contributed by atoms with Gasteiger partial charge in [-0.15, -0.1) is 0 Å². The number of methoxy groups -OCH3 is 2. The number of hydrogen-bond donors (Lipinski definition) is 3. The first-order valence-corrected chi connectivity index (χ1v) is 11.2. The Bertz CT molecular complexity index is 816. The lowest BCUT2D eigenvalue weighted by Crippen LogP contribution is -2.68. The van der Waals surface area contributed by atoms with E-state index in [1.807, 2.05) is 6.92 Å². The Morgan fingerprint density at radius 3 is 2.18 bits per heavy atom. The molecule has 0 aromatic carbocycles. The van der Waals surface area contributed by atoms with E-state index in [1.165, 1.54) is 0 Å². The average molecular weight is 471 g/mol. The van der Waals surface area contributed by atoms with Crippen LogP contribution in [0.15, 0.2) is 11.3 Å². The van der Waals surface area contributed by atoms with Crippen molar-refractivity contribution in [3.63, 3.8) is 0 Å². The van der Waals surface area contributed by atoms with Crippen LogP contribution in [0.2, 0.25) is 0 Å². The van der Waals surface area contributed by atoms with Crippen molar-refractivity contribution in [2.75, 3.05) is 20.8 Å². The maximum atomic E-state index is 13.0. The summed E-state index contributed by atoms with van der Waals surface area (Å²) in [6, 6.07) is 0. The van der Waals surface area contributed by atoms with E-state index in [-0.39, 0.29) is 24.5 Å². The Balaban J connectivity index is 2.80. The highest BCUT2D eigenvalue weighted by molar-refractivity contribution is 5.95. The lowest BCUT2D eigenvalue weighted by molar-refractivity contribution is -0.212. The molecule has 2 bridgehead atoms. The first-order valence-electron chi connectivity index (χ1n) is 11.2. The second-order valence-electron chi connectivity index (χ2n) is 9.20. The third-order valence-electron chi connectivity index (χ3n) is 6.66. The molecular formula is C23H34O10. The van der Waals surface area contributed by atoms with Gasteiger partial charge < -0.3 is 29.5 Å². The van der Waals surface area contributed by atoms with Crippen molar-refractivity contribution in [1.29, 1.82) is 0 Å². The van der Waals surface area contributed by atoms with Gasteiger partial charge in [-0.25, -0.2) is 4.79 Å². The van der Waals surface area contributed by atoms with E-state index in [0.717, 1.165) is 20.6 Å². The maximum absolute atomic E-state index is 13.0. The fraction of sp³-hybridized carbons (Fsp3) is 0.739. The number of rotatable bonds is 9. The van der Waals surface area contributed by atoms with E-state index in [4.69, 9.17) is 14.2 Å². The predicted octanol–water partition coefficient (Wildman–Crippen LogP) is 1.85. The number of carbonyl (C=O) groups excluding carboxylic acids is 3. The summed E-state index contributed by atoms with van der Waals surface area (Å²) in [5.74, 6) is -12.3. The Morgan fingerprint density at radius 1 is 1.09 bits per heavy atom. The topological polar surface area (TPSA) is 157 Å². The molecule has 0 aliphatic heterocycles. The number of aliphatic hydroxyl groups is 2. The molecule has 0 amide bonds. The van der Waals surface area contributed by atoms with Crippen molar-refractivity contribution < 1.29 is 48.7 Å². The minimum Gasteiger partial charge on any atom is -0.511 e. The van der Waals surface area contributed by atoms with Crippen molar-refractivity contribution >= 4 is 23.9 Å². The Hall–Kier alpha value is -2.62. The monoisotopic (exact) mass is 470 g/mol. The Labute approximate surface area is 192 Å². The molecule has 0 radical (unpaired) electrons. The van der Waals surface area contributed by atoms with Gasteiger partial charge in [-0.2, -0.15) is 0 Å². The van der Waals surface area contributed by atoms with Crippen LogP contribution in [0, 0.1) is 35.5 Å². The highest BCUT2D eigenvalue weighted by Gasteiger charge is 2.70. The Kier molecular flexibility index (Phi) is 8.51. The van der Waals surface area contributed by atoms with E-state index in [0.29, 0.717) is 12.8 Å². The van der Waals surface area contributed by atoms with Gasteiger partial charge in [0.05, 0.1) is 38.2 Å². The van der Waals surface area contributed by atoms with Gasteiger partial charge in [0.25, 0.3) is 0 Å². The molecule has 1 fully saturated rings. The van der Waals surface area contributed by atoms with Crippen LogP contribution in [-0.4, -0.2) is 65.6 Å². The number of unbranched alkanes of at least 4 members (excludes halogenated alkanes) is 1. The van der Waals surface area contributed by atoms with Crippen molar-refractivity contribution in [2.45, 2.75) is 52.1 Å². The van der Waals surface area contributed by atoms with Gasteiger partial charge in [0.1, 0.15) is 17.3 Å². The van der Waals surface area contributed by atoms with Crippen molar-refractivity contribution in [1.82, 2.24) is 0 Å². The van der Waals surface area contributed by atoms with Crippen LogP contribution in [0.5, 0.6) is 0 Å². The molecule has 33 heavy (non-hydrogen) atoms. The molecule has 2 aliphatic rings. The zero-order chi connectivity index (χ0) is 25.1. The fourth-order valence-corrected chi connectivity index (χ4v) is 5.32. The van der Waals surface area contributed by atoms with Gasteiger partial charge in [0.2, 0.25) is 0 Å². The van der Waals surface area contributed by atoms with Crippen LogP contribution in [0.1, 0.15) is 46.5 Å². The molecule has 2 aliphatic carbocycles. The molecule has 0 spiro atoms. The first kappa shape index (κ1) is 26.6. The number of carboxylic acids is 1. The number of ether oxygens (including phenoxy) is 3. The van der Waals surface area contributed by atoms with E-state index in [9.17, 15) is 34.5 Å². The van der Waals surface area contributed by atoms with Crippen molar-refractivity contribution in [2.24, 2.45) is 35.5 Å². The van der Waals surface area contributed by atoms with Gasteiger partial charge in [0.15, 0.2) is 0 Å². The standard InChI is InChI=1S/C23H34O10/c1-6-7-8-12-9-13-14(20(27)33-10-11(2)3)18(24)17(22(29)32-5)23(30,16(13)19(25)26)15(12)21(28)31-4/h11-13,15-17,24,30H,6-10H2,1-5H3,(H,25,26)/t12-,13-,15+,16-,17-,23-/m1/s1. The second kappa shape index (κ2) is 10.5. The summed E-state index contributed by atoms with van der Waals surface area (Å²) >= 11 is 0. The average Bonchev–Trinajstić information content (AvgIpc) is 2.74. The fourth-order valence-electron chi connectivity index (χ4n) is 5.32. The Morgan fingerprint density at radius 2 is 1.70 bits per heavy atom. The van der Waals surface area contributed by atoms with Gasteiger partial charge >= 0.3 is 23.9 Å². The zero-order valence-electron chi connectivity index (χ0n) is 19.7. The van der Waals surface area contributed by atoms with E-state index in [1.54, 1.807) is 13.8 Å². The van der Waals surface area contributed by atoms with Crippen LogP contribution in [-0.2, 0) is 33.4 Å². The SMILES string of the molecule is CCCC[C@@H]1C[C@@H]2C(C(=O)OCC(C)C)=C(O)[C@H](C(=O)OC)[C@@](O)([C@@H]1C(=O)OC)[C@H]2C(=O)O. The summed E-state index contributed by atoms with van der Waals surface area (Å²) in [4.78, 5) is 51.0. The summed E-state index contributed by atoms with van der Waals surface area (Å²) in [6.07, 6.45) is 1.86. The number of carboxylic acid groups (broad SMARTS) is 1. The van der Waals surface area contributed by atoms with Gasteiger partial charge in [-0.1, -0.05) is 33.6 Å². The lowest BCUT2D eigenvalue weighted by atomic mass is 9.49. The number of hydrogen-bond acceptors (Lipinski definition) is 9. The molecule has 0 heterocycles. The van der Waals surface area contributed by atoms with Crippen molar-refractivity contribution in [3.05, 3.63) is 11.3 Å². The molecular weight excluding hydrogens is 436 g/mol. The van der Waals surface area contributed by atoms with Gasteiger partial charge in [0, 0.05) is 5.92 Å². The molecule has 0 unspecified atom stereocenters. The third-order valence-corrected chi connectivity index (χ3v) is 6.66. The maximum Gasteiger partial charge on any atom is 0.337 e. The largest absolute Gasteiger partial charge is 0.511 e. The quantitative estimate of drug-likeness (QED) is 0.335. The molecule has 1 saturated carbocycles. The molecule has 10 heteroatoms. The molecule has 6 atom stereocenters. The molecule has 2 rings (SSSR count). The molecule has 10 nitrogen and oxygen atoms in total. The summed E-state index contributed by atoms with van der Waals surface area (Å²) in [6.45, 7) is 5.56. The summed E-state index contributed by atoms with van der Waals surface area (Å²) in [5.41, 5.74) is -2.94. The van der Waals surface area contributed by atoms with Crippen LogP contribution in [0.25, 0.3) is 0 Å². The number of esters is 3. The molecule has 0 aromatic rings. The number of carbonyl (C=O) groups is 4. The number of fused-ring (bicyclic) bond motifs is 2. The van der Waals surface area contributed by atoms with E-state index < -0.39 is 64.8 Å². The highest BCUT2D eigenvalue weighted by atomic mass is 16.5. The van der Waals surface area contributed by atoms with Gasteiger partial charge in [-0.05, 0) is 24.7 Å². The van der Waals surface area contributed by atoms with Gasteiger partial charge in [-0.3, -0.25) is 14.4 Å². The van der Waals surface area contributed by atoms with Crippen LogP contribution >= 0.6 is 0 Å². The van der Waals surface area contributed by atoms with Crippen molar-refractivity contribution in [3.8, 4) is 0 Å². The third kappa shape index (κ3) is 4.71. The summed E-state index contributed by atoms with van der Waals surface area (Å²) in [7, 11) is 2.10. The lowest BCUT2D eigenvalue weighted by Gasteiger charge is -2.55.